The Morgan fingerprint density at radius 1 is 0.822 bits per heavy atom. The molecule has 3 aromatic rings. The molecule has 0 saturated heterocycles. The molecular weight excluding hydrogens is 580 g/mol. The third kappa shape index (κ3) is 7.16. The van der Waals surface area contributed by atoms with E-state index in [4.69, 9.17) is 23.7 Å². The van der Waals surface area contributed by atoms with Crippen molar-refractivity contribution in [2.24, 2.45) is 0 Å². The van der Waals surface area contributed by atoms with E-state index in [0.717, 1.165) is 11.3 Å². The number of aliphatic hydroxyl groups is 2. The lowest BCUT2D eigenvalue weighted by Gasteiger charge is -2.41. The number of rotatable bonds is 12. The molecule has 0 spiro atoms. The zero-order chi connectivity index (χ0) is 32.3. The summed E-state index contributed by atoms with van der Waals surface area (Å²) in [4.78, 5) is 26.2. The van der Waals surface area contributed by atoms with Crippen LogP contribution < -0.4 is 29.0 Å². The number of β-amino-alcohol motifs (C(OH)–C–C–N with tert-alkyl or cyclic N) is 2. The first-order valence-electron chi connectivity index (χ1n) is 14.7. The number of ketones is 1. The van der Waals surface area contributed by atoms with Gasteiger partial charge in [-0.05, 0) is 56.2 Å². The van der Waals surface area contributed by atoms with Gasteiger partial charge in [0.1, 0.15) is 35.4 Å². The number of anilines is 1. The SMILES string of the molecule is COc1ccc(CC(C)(C)N(C[C@H](O)c2cc(OC)cc3c2OCC(=O)C3)C[C@H](O)c2cc(OC)cc3c2OCC(=O)N3)cc1. The highest BCUT2D eigenvalue weighted by Gasteiger charge is 2.35. The molecule has 0 aromatic heterocycles. The van der Waals surface area contributed by atoms with Crippen LogP contribution in [0.4, 0.5) is 5.69 Å². The quantitative estimate of drug-likeness (QED) is 0.275. The highest BCUT2D eigenvalue weighted by atomic mass is 16.5. The number of amides is 1. The van der Waals surface area contributed by atoms with Crippen molar-refractivity contribution in [1.29, 1.82) is 0 Å². The predicted octanol–water partition coefficient (Wildman–Crippen LogP) is 3.64. The molecule has 0 radical (unpaired) electrons. The van der Waals surface area contributed by atoms with Crippen LogP contribution in [-0.2, 0) is 22.4 Å². The van der Waals surface area contributed by atoms with Crippen molar-refractivity contribution >= 4 is 17.4 Å². The summed E-state index contributed by atoms with van der Waals surface area (Å²) in [6.45, 7) is 4.06. The Morgan fingerprint density at radius 2 is 1.40 bits per heavy atom. The summed E-state index contributed by atoms with van der Waals surface area (Å²) in [5.74, 6) is 2.20. The number of ether oxygens (including phenoxy) is 5. The molecule has 0 unspecified atom stereocenters. The molecule has 5 rings (SSSR count). The Morgan fingerprint density at radius 3 is 2.02 bits per heavy atom. The minimum absolute atomic E-state index is 0.0541. The van der Waals surface area contributed by atoms with Gasteiger partial charge in [-0.25, -0.2) is 0 Å². The van der Waals surface area contributed by atoms with Gasteiger partial charge in [-0.3, -0.25) is 14.5 Å². The fraction of sp³-hybridized carbons (Fsp3) is 0.412. The van der Waals surface area contributed by atoms with Crippen LogP contribution in [0.3, 0.4) is 0 Å². The zero-order valence-corrected chi connectivity index (χ0v) is 26.2. The van der Waals surface area contributed by atoms with Crippen LogP contribution in [0.2, 0.25) is 0 Å². The largest absolute Gasteiger partial charge is 0.497 e. The van der Waals surface area contributed by atoms with Crippen LogP contribution in [0, 0.1) is 0 Å². The molecule has 2 heterocycles. The van der Waals surface area contributed by atoms with Gasteiger partial charge in [-0.15, -0.1) is 0 Å². The number of carbonyl (C=O) groups is 2. The maximum atomic E-state index is 12.1. The second kappa shape index (κ2) is 13.4. The van der Waals surface area contributed by atoms with Gasteiger partial charge in [0.05, 0.1) is 39.2 Å². The molecule has 2 aliphatic rings. The van der Waals surface area contributed by atoms with E-state index in [0.29, 0.717) is 51.8 Å². The van der Waals surface area contributed by atoms with Crippen LogP contribution >= 0.6 is 0 Å². The summed E-state index contributed by atoms with van der Waals surface area (Å²) in [7, 11) is 4.66. The Bertz CT molecular complexity index is 1470. The molecule has 0 fully saturated rings. The van der Waals surface area contributed by atoms with Crippen LogP contribution in [0.5, 0.6) is 28.7 Å². The van der Waals surface area contributed by atoms with E-state index in [1.807, 2.05) is 43.0 Å². The molecule has 1 amide bonds. The number of benzene rings is 3. The van der Waals surface area contributed by atoms with Crippen molar-refractivity contribution in [3.63, 3.8) is 0 Å². The topological polar surface area (TPSA) is 136 Å². The molecule has 2 atom stereocenters. The van der Waals surface area contributed by atoms with Crippen LogP contribution in [-0.4, -0.2) is 80.0 Å². The maximum Gasteiger partial charge on any atom is 0.262 e. The molecule has 3 aromatic carbocycles. The van der Waals surface area contributed by atoms with Gasteiger partial charge in [-0.1, -0.05) is 12.1 Å². The molecule has 11 heteroatoms. The van der Waals surface area contributed by atoms with E-state index in [1.54, 1.807) is 31.4 Å². The highest BCUT2D eigenvalue weighted by molar-refractivity contribution is 5.96. The smallest absolute Gasteiger partial charge is 0.262 e. The Labute approximate surface area is 262 Å². The predicted molar refractivity (Wildman–Crippen MR) is 167 cm³/mol. The molecule has 2 aliphatic heterocycles. The Hall–Kier alpha value is -4.32. The number of carbonyl (C=O) groups excluding carboxylic acids is 2. The number of hydrogen-bond donors (Lipinski definition) is 3. The van der Waals surface area contributed by atoms with Gasteiger partial charge in [0.15, 0.2) is 12.4 Å². The number of hydrogen-bond acceptors (Lipinski definition) is 10. The lowest BCUT2D eigenvalue weighted by atomic mass is 9.90. The first kappa shape index (κ1) is 32.1. The maximum absolute atomic E-state index is 12.1. The van der Waals surface area contributed by atoms with E-state index in [-0.39, 0.29) is 44.4 Å². The van der Waals surface area contributed by atoms with Crippen molar-refractivity contribution in [2.75, 3.05) is 52.9 Å². The molecule has 0 bridgehead atoms. The summed E-state index contributed by atoms with van der Waals surface area (Å²) in [6.07, 6.45) is -1.37. The number of nitrogens with zero attached hydrogens (tertiary/aromatic N) is 1. The zero-order valence-electron chi connectivity index (χ0n) is 26.2. The average molecular weight is 621 g/mol. The Kier molecular flexibility index (Phi) is 9.52. The Balaban J connectivity index is 1.50. The fourth-order valence-corrected chi connectivity index (χ4v) is 5.88. The van der Waals surface area contributed by atoms with Gasteiger partial charge in [0.25, 0.3) is 5.91 Å². The second-order valence-electron chi connectivity index (χ2n) is 11.9. The van der Waals surface area contributed by atoms with Crippen LogP contribution in [0.25, 0.3) is 0 Å². The standard InChI is InChI=1S/C34H40N2O9/c1-34(2,15-20-6-8-23(41-3)9-7-20)36(16-29(38)26-12-24(42-4)11-21-10-22(37)18-44-32(21)26)17-30(39)27-13-25(43-5)14-28-33(27)45-19-31(40)35-28/h6-9,11-14,29-30,38-39H,10,15-19H2,1-5H3,(H,35,40)/t29-,30-/m0/s1. The van der Waals surface area contributed by atoms with Gasteiger partial charge >= 0.3 is 0 Å². The first-order valence-corrected chi connectivity index (χ1v) is 14.7. The fourth-order valence-electron chi connectivity index (χ4n) is 5.88. The third-order valence-electron chi connectivity index (χ3n) is 8.27. The van der Waals surface area contributed by atoms with Crippen LogP contribution in [0.1, 0.15) is 48.3 Å². The van der Waals surface area contributed by atoms with E-state index in [9.17, 15) is 19.8 Å². The second-order valence-corrected chi connectivity index (χ2v) is 11.9. The van der Waals surface area contributed by atoms with Gasteiger partial charge in [-0.2, -0.15) is 0 Å². The van der Waals surface area contributed by atoms with Crippen LogP contribution in [0.15, 0.2) is 48.5 Å². The first-order chi connectivity index (χ1) is 21.5. The summed E-state index contributed by atoms with van der Waals surface area (Å²) in [6, 6.07) is 14.6. The summed E-state index contributed by atoms with van der Waals surface area (Å²) >= 11 is 0. The number of aliphatic hydroxyl groups excluding tert-OH is 2. The molecular formula is C34H40N2O9. The summed E-state index contributed by atoms with van der Waals surface area (Å²) in [5.41, 5.74) is 2.48. The van der Waals surface area contributed by atoms with Crippen molar-refractivity contribution in [2.45, 2.75) is 44.4 Å². The average Bonchev–Trinajstić information content (AvgIpc) is 3.02. The normalized spacial score (nSPS) is 15.6. The van der Waals surface area contributed by atoms with Gasteiger partial charge in [0.2, 0.25) is 0 Å². The monoisotopic (exact) mass is 620 g/mol. The minimum atomic E-state index is -1.08. The van der Waals surface area contributed by atoms with Gasteiger partial charge in [0, 0.05) is 47.8 Å². The highest BCUT2D eigenvalue weighted by Crippen LogP contribution is 2.41. The summed E-state index contributed by atoms with van der Waals surface area (Å²) in [5, 5.41) is 26.3. The van der Waals surface area contributed by atoms with Crippen molar-refractivity contribution < 1.29 is 43.5 Å². The lowest BCUT2D eigenvalue weighted by Crippen LogP contribution is -2.49. The molecule has 45 heavy (non-hydrogen) atoms. The summed E-state index contributed by atoms with van der Waals surface area (Å²) < 4.78 is 27.8. The number of fused-ring (bicyclic) bond motifs is 2. The van der Waals surface area contributed by atoms with E-state index in [2.05, 4.69) is 5.32 Å². The number of nitrogens with one attached hydrogen (secondary N) is 1. The van der Waals surface area contributed by atoms with Gasteiger partial charge < -0.3 is 39.2 Å². The minimum Gasteiger partial charge on any atom is -0.497 e. The van der Waals surface area contributed by atoms with E-state index < -0.39 is 17.7 Å². The lowest BCUT2D eigenvalue weighted by molar-refractivity contribution is -0.121. The van der Waals surface area contributed by atoms with E-state index in [1.165, 1.54) is 14.2 Å². The molecule has 240 valence electrons. The molecule has 3 N–H and O–H groups in total. The molecule has 0 saturated carbocycles. The van der Waals surface area contributed by atoms with Crippen molar-refractivity contribution in [3.8, 4) is 28.7 Å². The number of Topliss-reactive ketones (excluding diaryl/α,β-unsaturated/α-hetero) is 1. The molecule has 11 nitrogen and oxygen atoms in total. The van der Waals surface area contributed by atoms with E-state index >= 15 is 0 Å². The number of methoxy groups -OCH3 is 3. The third-order valence-corrected chi connectivity index (χ3v) is 8.27. The molecule has 0 aliphatic carbocycles. The van der Waals surface area contributed by atoms with Crippen molar-refractivity contribution in [3.05, 3.63) is 70.8 Å². The van der Waals surface area contributed by atoms with Crippen molar-refractivity contribution in [1.82, 2.24) is 4.90 Å².